The number of halogens is 2. The summed E-state index contributed by atoms with van der Waals surface area (Å²) in [5.74, 6) is -0.414. The molecule has 0 aliphatic carbocycles. The van der Waals surface area contributed by atoms with Crippen LogP contribution in [-0.4, -0.2) is 26.6 Å². The SMILES string of the molecule is O=C(CCc1cccc(Cl)c1Cl)NCCS(=O)(=O)NCc1ccccc1. The molecule has 2 aromatic rings. The minimum absolute atomic E-state index is 0.0479. The molecule has 0 fully saturated rings. The van der Waals surface area contributed by atoms with E-state index in [0.717, 1.165) is 11.1 Å². The number of hydrogen-bond donors (Lipinski definition) is 2. The zero-order chi connectivity index (χ0) is 19.0. The van der Waals surface area contributed by atoms with Crippen molar-refractivity contribution in [3.05, 3.63) is 69.7 Å². The van der Waals surface area contributed by atoms with Gasteiger partial charge in [-0.3, -0.25) is 4.79 Å². The number of benzene rings is 2. The molecule has 0 unspecified atom stereocenters. The van der Waals surface area contributed by atoms with E-state index in [2.05, 4.69) is 10.0 Å². The van der Waals surface area contributed by atoms with Gasteiger partial charge >= 0.3 is 0 Å². The number of aryl methyl sites for hydroxylation is 1. The standard InChI is InChI=1S/C18H20Cl2N2O3S/c19-16-8-4-7-15(18(16)20)9-10-17(23)21-11-12-26(24,25)22-13-14-5-2-1-3-6-14/h1-8,22H,9-13H2,(H,21,23). The largest absolute Gasteiger partial charge is 0.355 e. The van der Waals surface area contributed by atoms with Crippen LogP contribution >= 0.6 is 23.2 Å². The molecule has 140 valence electrons. The number of rotatable bonds is 9. The van der Waals surface area contributed by atoms with E-state index in [4.69, 9.17) is 23.2 Å². The number of carbonyl (C=O) groups is 1. The highest BCUT2D eigenvalue weighted by molar-refractivity contribution is 7.89. The number of nitrogens with one attached hydrogen (secondary N) is 2. The third kappa shape index (κ3) is 6.96. The smallest absolute Gasteiger partial charge is 0.220 e. The third-order valence-electron chi connectivity index (χ3n) is 3.68. The van der Waals surface area contributed by atoms with Crippen LogP contribution in [0.15, 0.2) is 48.5 Å². The van der Waals surface area contributed by atoms with Crippen LogP contribution in [-0.2, 0) is 27.8 Å². The molecule has 26 heavy (non-hydrogen) atoms. The second-order valence-electron chi connectivity index (χ2n) is 5.69. The van der Waals surface area contributed by atoms with E-state index in [-0.39, 0.29) is 31.2 Å². The number of hydrogen-bond acceptors (Lipinski definition) is 3. The summed E-state index contributed by atoms with van der Waals surface area (Å²) in [6.45, 7) is 0.274. The number of carbonyl (C=O) groups excluding carboxylic acids is 1. The van der Waals surface area contributed by atoms with E-state index >= 15 is 0 Å². The summed E-state index contributed by atoms with van der Waals surface area (Å²) >= 11 is 12.0. The van der Waals surface area contributed by atoms with Crippen molar-refractivity contribution in [2.75, 3.05) is 12.3 Å². The highest BCUT2D eigenvalue weighted by Crippen LogP contribution is 2.26. The molecule has 0 spiro atoms. The van der Waals surface area contributed by atoms with Gasteiger partial charge in [-0.05, 0) is 23.6 Å². The van der Waals surface area contributed by atoms with E-state index in [0.29, 0.717) is 16.5 Å². The molecular formula is C18H20Cl2N2O3S. The van der Waals surface area contributed by atoms with Crippen molar-refractivity contribution in [1.82, 2.24) is 10.0 Å². The molecule has 0 saturated carbocycles. The lowest BCUT2D eigenvalue weighted by Gasteiger charge is -2.09. The molecular weight excluding hydrogens is 395 g/mol. The molecule has 0 saturated heterocycles. The quantitative estimate of drug-likeness (QED) is 0.661. The lowest BCUT2D eigenvalue weighted by molar-refractivity contribution is -0.120. The van der Waals surface area contributed by atoms with Gasteiger partial charge in [0.1, 0.15) is 0 Å². The normalized spacial score (nSPS) is 11.3. The lowest BCUT2D eigenvalue weighted by Crippen LogP contribution is -2.34. The molecule has 2 aromatic carbocycles. The minimum atomic E-state index is -3.46. The van der Waals surface area contributed by atoms with Gasteiger partial charge in [-0.25, -0.2) is 13.1 Å². The molecule has 5 nitrogen and oxygen atoms in total. The Bertz CT molecular complexity index is 843. The Kier molecular flexibility index (Phi) is 7.90. The van der Waals surface area contributed by atoms with E-state index in [9.17, 15) is 13.2 Å². The fourth-order valence-electron chi connectivity index (χ4n) is 2.26. The summed E-state index contributed by atoms with van der Waals surface area (Å²) in [5, 5.41) is 3.49. The first-order chi connectivity index (χ1) is 12.4. The topological polar surface area (TPSA) is 75.3 Å². The highest BCUT2D eigenvalue weighted by atomic mass is 35.5. The van der Waals surface area contributed by atoms with Crippen LogP contribution in [0.5, 0.6) is 0 Å². The van der Waals surface area contributed by atoms with Crippen molar-refractivity contribution in [3.63, 3.8) is 0 Å². The summed E-state index contributed by atoms with van der Waals surface area (Å²) in [6.07, 6.45) is 0.641. The van der Waals surface area contributed by atoms with Gasteiger partial charge < -0.3 is 5.32 Å². The second kappa shape index (κ2) is 9.92. The van der Waals surface area contributed by atoms with Gasteiger partial charge in [0.05, 0.1) is 15.8 Å². The van der Waals surface area contributed by atoms with Crippen LogP contribution in [0.2, 0.25) is 10.0 Å². The lowest BCUT2D eigenvalue weighted by atomic mass is 10.1. The maximum absolute atomic E-state index is 12.0. The summed E-state index contributed by atoms with van der Waals surface area (Å²) in [4.78, 5) is 11.9. The Hall–Kier alpha value is -1.60. The van der Waals surface area contributed by atoms with Gasteiger partial charge in [-0.15, -0.1) is 0 Å². The van der Waals surface area contributed by atoms with Crippen LogP contribution in [0.1, 0.15) is 17.5 Å². The van der Waals surface area contributed by atoms with Crippen LogP contribution in [0.3, 0.4) is 0 Å². The highest BCUT2D eigenvalue weighted by Gasteiger charge is 2.11. The van der Waals surface area contributed by atoms with Crippen molar-refractivity contribution in [2.45, 2.75) is 19.4 Å². The predicted molar refractivity (Wildman–Crippen MR) is 105 cm³/mol. The third-order valence-corrected chi connectivity index (χ3v) is 5.87. The molecule has 2 N–H and O–H groups in total. The fourth-order valence-corrected chi connectivity index (χ4v) is 3.58. The average molecular weight is 415 g/mol. The van der Waals surface area contributed by atoms with E-state index in [1.807, 2.05) is 30.3 Å². The maximum Gasteiger partial charge on any atom is 0.220 e. The first-order valence-corrected chi connectivity index (χ1v) is 10.5. The molecule has 0 heterocycles. The zero-order valence-electron chi connectivity index (χ0n) is 14.0. The first kappa shape index (κ1) is 20.7. The Morgan fingerprint density at radius 1 is 1.00 bits per heavy atom. The number of sulfonamides is 1. The molecule has 0 bridgehead atoms. The summed E-state index contributed by atoms with van der Waals surface area (Å²) < 4.78 is 26.4. The van der Waals surface area contributed by atoms with Crippen LogP contribution in [0.25, 0.3) is 0 Å². The Morgan fingerprint density at radius 2 is 1.73 bits per heavy atom. The predicted octanol–water partition coefficient (Wildman–Crippen LogP) is 3.16. The molecule has 0 aliphatic heterocycles. The van der Waals surface area contributed by atoms with E-state index in [1.165, 1.54) is 0 Å². The van der Waals surface area contributed by atoms with E-state index in [1.54, 1.807) is 18.2 Å². The molecule has 1 amide bonds. The van der Waals surface area contributed by atoms with Crippen LogP contribution in [0.4, 0.5) is 0 Å². The average Bonchev–Trinajstić information content (AvgIpc) is 2.62. The van der Waals surface area contributed by atoms with Gasteiger partial charge in [-0.1, -0.05) is 65.7 Å². The molecule has 0 aliphatic rings. The van der Waals surface area contributed by atoms with E-state index < -0.39 is 10.0 Å². The zero-order valence-corrected chi connectivity index (χ0v) is 16.4. The van der Waals surface area contributed by atoms with Crippen molar-refractivity contribution in [1.29, 1.82) is 0 Å². The van der Waals surface area contributed by atoms with Crippen molar-refractivity contribution in [3.8, 4) is 0 Å². The Balaban J connectivity index is 1.71. The first-order valence-electron chi connectivity index (χ1n) is 8.08. The molecule has 2 rings (SSSR count). The van der Waals surface area contributed by atoms with Crippen molar-refractivity contribution >= 4 is 39.1 Å². The molecule has 0 aromatic heterocycles. The summed E-state index contributed by atoms with van der Waals surface area (Å²) in [5.41, 5.74) is 1.66. The fraction of sp³-hybridized carbons (Fsp3) is 0.278. The second-order valence-corrected chi connectivity index (χ2v) is 8.40. The van der Waals surface area contributed by atoms with Crippen LogP contribution in [0, 0.1) is 0 Å². The molecule has 0 atom stereocenters. The Labute approximate surface area is 163 Å². The maximum atomic E-state index is 12.0. The molecule has 8 heteroatoms. The van der Waals surface area contributed by atoms with Gasteiger partial charge in [0.25, 0.3) is 0 Å². The van der Waals surface area contributed by atoms with Gasteiger partial charge in [0.15, 0.2) is 0 Å². The summed E-state index contributed by atoms with van der Waals surface area (Å²) in [7, 11) is -3.46. The number of amides is 1. The van der Waals surface area contributed by atoms with Crippen molar-refractivity contribution < 1.29 is 13.2 Å². The molecule has 0 radical (unpaired) electrons. The van der Waals surface area contributed by atoms with Gasteiger partial charge in [-0.2, -0.15) is 0 Å². The van der Waals surface area contributed by atoms with Gasteiger partial charge in [0, 0.05) is 19.5 Å². The van der Waals surface area contributed by atoms with Crippen LogP contribution < -0.4 is 10.0 Å². The van der Waals surface area contributed by atoms with Crippen molar-refractivity contribution in [2.24, 2.45) is 0 Å². The van der Waals surface area contributed by atoms with Gasteiger partial charge in [0.2, 0.25) is 15.9 Å². The monoisotopic (exact) mass is 414 g/mol. The Morgan fingerprint density at radius 3 is 2.46 bits per heavy atom. The minimum Gasteiger partial charge on any atom is -0.355 e. The summed E-state index contributed by atoms with van der Waals surface area (Å²) in [6, 6.07) is 14.5.